The molecule has 25 heavy (non-hydrogen) atoms. The first-order chi connectivity index (χ1) is 12.1. The van der Waals surface area contributed by atoms with Crippen molar-refractivity contribution in [3.63, 3.8) is 0 Å². The molecule has 0 N–H and O–H groups in total. The minimum absolute atomic E-state index is 0.214. The molecule has 6 heteroatoms. The SMILES string of the molecule is CN1C(=O)CCc2cc(CN3CCC(c4nncn4C)CC3)ccc21. The number of rotatable bonds is 3. The van der Waals surface area contributed by atoms with Crippen LogP contribution in [0.25, 0.3) is 0 Å². The summed E-state index contributed by atoms with van der Waals surface area (Å²) in [5.74, 6) is 1.85. The van der Waals surface area contributed by atoms with E-state index in [9.17, 15) is 4.79 Å². The lowest BCUT2D eigenvalue weighted by Gasteiger charge is -2.32. The number of benzene rings is 1. The van der Waals surface area contributed by atoms with Crippen LogP contribution in [0.15, 0.2) is 24.5 Å². The average molecular weight is 339 g/mol. The van der Waals surface area contributed by atoms with Gasteiger partial charge in [0.25, 0.3) is 0 Å². The zero-order valence-corrected chi connectivity index (χ0v) is 15.0. The maximum Gasteiger partial charge on any atom is 0.227 e. The maximum atomic E-state index is 11.8. The topological polar surface area (TPSA) is 54.3 Å². The van der Waals surface area contributed by atoms with E-state index in [4.69, 9.17) is 0 Å². The zero-order chi connectivity index (χ0) is 17.4. The van der Waals surface area contributed by atoms with Gasteiger partial charge >= 0.3 is 0 Å². The van der Waals surface area contributed by atoms with Crippen LogP contribution in [0.2, 0.25) is 0 Å². The minimum atomic E-state index is 0.214. The van der Waals surface area contributed by atoms with Crippen molar-refractivity contribution in [2.45, 2.75) is 38.1 Å². The highest BCUT2D eigenvalue weighted by atomic mass is 16.2. The molecule has 0 radical (unpaired) electrons. The van der Waals surface area contributed by atoms with Crippen molar-refractivity contribution in [1.29, 1.82) is 0 Å². The van der Waals surface area contributed by atoms with Crippen LogP contribution >= 0.6 is 0 Å². The Balaban J connectivity index is 1.39. The van der Waals surface area contributed by atoms with Gasteiger partial charge in [0.1, 0.15) is 12.2 Å². The smallest absolute Gasteiger partial charge is 0.227 e. The van der Waals surface area contributed by atoms with E-state index in [2.05, 4.69) is 33.3 Å². The third kappa shape index (κ3) is 3.18. The molecule has 2 aliphatic rings. The average Bonchev–Trinajstić information content (AvgIpc) is 3.05. The fourth-order valence-corrected chi connectivity index (χ4v) is 4.08. The van der Waals surface area contributed by atoms with Crippen molar-refractivity contribution >= 4 is 11.6 Å². The van der Waals surface area contributed by atoms with E-state index in [0.29, 0.717) is 12.3 Å². The van der Waals surface area contributed by atoms with E-state index in [1.165, 1.54) is 11.1 Å². The van der Waals surface area contributed by atoms with Gasteiger partial charge in [0.15, 0.2) is 0 Å². The van der Waals surface area contributed by atoms with Crippen molar-refractivity contribution in [1.82, 2.24) is 19.7 Å². The van der Waals surface area contributed by atoms with Crippen LogP contribution in [0.3, 0.4) is 0 Å². The molecule has 6 nitrogen and oxygen atoms in total. The Kier molecular flexibility index (Phi) is 4.29. The van der Waals surface area contributed by atoms with E-state index in [1.807, 2.05) is 18.7 Å². The summed E-state index contributed by atoms with van der Waals surface area (Å²) >= 11 is 0. The number of nitrogens with zero attached hydrogens (tertiary/aromatic N) is 5. The lowest BCUT2D eigenvalue weighted by atomic mass is 9.95. The molecule has 2 aromatic rings. The molecule has 0 saturated carbocycles. The normalized spacial score (nSPS) is 19.3. The number of carbonyl (C=O) groups excluding carboxylic acids is 1. The minimum Gasteiger partial charge on any atom is -0.320 e. The second kappa shape index (κ2) is 6.59. The Morgan fingerprint density at radius 1 is 1.16 bits per heavy atom. The highest BCUT2D eigenvalue weighted by Crippen LogP contribution is 2.30. The molecule has 4 rings (SSSR count). The van der Waals surface area contributed by atoms with Crippen molar-refractivity contribution in [3.8, 4) is 0 Å². The number of hydrogen-bond acceptors (Lipinski definition) is 4. The third-order valence-electron chi connectivity index (χ3n) is 5.59. The quantitative estimate of drug-likeness (QED) is 0.859. The maximum absolute atomic E-state index is 11.8. The number of aryl methyl sites for hydroxylation is 2. The summed E-state index contributed by atoms with van der Waals surface area (Å²) in [6, 6.07) is 6.56. The van der Waals surface area contributed by atoms with Crippen LogP contribution in [0.4, 0.5) is 5.69 Å². The molecule has 1 amide bonds. The highest BCUT2D eigenvalue weighted by molar-refractivity contribution is 5.95. The number of likely N-dealkylation sites (tertiary alicyclic amines) is 1. The predicted molar refractivity (Wildman–Crippen MR) is 96.4 cm³/mol. The molecule has 0 spiro atoms. The van der Waals surface area contributed by atoms with Gasteiger partial charge in [-0.2, -0.15) is 0 Å². The number of piperidine rings is 1. The van der Waals surface area contributed by atoms with Crippen LogP contribution in [0.1, 0.15) is 42.1 Å². The summed E-state index contributed by atoms with van der Waals surface area (Å²) in [5, 5.41) is 8.28. The van der Waals surface area contributed by atoms with Gasteiger partial charge in [0, 0.05) is 38.7 Å². The van der Waals surface area contributed by atoms with Crippen molar-refractivity contribution in [2.75, 3.05) is 25.0 Å². The Morgan fingerprint density at radius 3 is 2.68 bits per heavy atom. The summed E-state index contributed by atoms with van der Waals surface area (Å²) in [4.78, 5) is 16.1. The monoisotopic (exact) mass is 339 g/mol. The first-order valence-corrected chi connectivity index (χ1v) is 9.06. The lowest BCUT2D eigenvalue weighted by Crippen LogP contribution is -2.33. The first kappa shape index (κ1) is 16.3. The Labute approximate surface area is 148 Å². The molecule has 1 fully saturated rings. The molecule has 3 heterocycles. The van der Waals surface area contributed by atoms with Gasteiger partial charge in [-0.3, -0.25) is 9.69 Å². The van der Waals surface area contributed by atoms with Crippen LogP contribution in [-0.4, -0.2) is 45.7 Å². The number of fused-ring (bicyclic) bond motifs is 1. The molecule has 0 bridgehead atoms. The fraction of sp³-hybridized carbons (Fsp3) is 0.526. The fourth-order valence-electron chi connectivity index (χ4n) is 4.08. The summed E-state index contributed by atoms with van der Waals surface area (Å²) in [7, 11) is 3.90. The van der Waals surface area contributed by atoms with Crippen molar-refractivity contribution in [2.24, 2.45) is 7.05 Å². The van der Waals surface area contributed by atoms with Gasteiger partial charge in [0.2, 0.25) is 5.91 Å². The largest absolute Gasteiger partial charge is 0.320 e. The van der Waals surface area contributed by atoms with Crippen LogP contribution in [0, 0.1) is 0 Å². The van der Waals surface area contributed by atoms with Gasteiger partial charge in [-0.25, -0.2) is 0 Å². The molecule has 2 aliphatic heterocycles. The standard InChI is InChI=1S/C19H25N5O/c1-22-13-20-21-19(22)15-7-9-24(10-8-15)12-14-3-5-17-16(11-14)4-6-18(25)23(17)2/h3,5,11,13,15H,4,6-10,12H2,1-2H3. The van der Waals surface area contributed by atoms with E-state index in [1.54, 1.807) is 11.2 Å². The van der Waals surface area contributed by atoms with Gasteiger partial charge in [-0.1, -0.05) is 12.1 Å². The molecular formula is C19H25N5O. The van der Waals surface area contributed by atoms with E-state index in [0.717, 1.165) is 50.4 Å². The Morgan fingerprint density at radius 2 is 1.96 bits per heavy atom. The molecule has 0 unspecified atom stereocenters. The number of aromatic nitrogens is 3. The summed E-state index contributed by atoms with van der Waals surface area (Å²) < 4.78 is 2.04. The van der Waals surface area contributed by atoms with Gasteiger partial charge < -0.3 is 9.47 Å². The van der Waals surface area contributed by atoms with E-state index >= 15 is 0 Å². The van der Waals surface area contributed by atoms with E-state index in [-0.39, 0.29) is 5.91 Å². The van der Waals surface area contributed by atoms with Crippen LogP contribution in [-0.2, 0) is 24.8 Å². The molecule has 1 aromatic carbocycles. The predicted octanol–water partition coefficient (Wildman–Crippen LogP) is 2.10. The number of hydrogen-bond donors (Lipinski definition) is 0. The van der Waals surface area contributed by atoms with Crippen molar-refractivity contribution < 1.29 is 4.79 Å². The molecule has 0 atom stereocenters. The van der Waals surface area contributed by atoms with Gasteiger partial charge in [0.05, 0.1) is 0 Å². The van der Waals surface area contributed by atoms with Crippen LogP contribution < -0.4 is 4.90 Å². The van der Waals surface area contributed by atoms with Crippen LogP contribution in [0.5, 0.6) is 0 Å². The molecule has 0 aliphatic carbocycles. The Hall–Kier alpha value is -2.21. The lowest BCUT2D eigenvalue weighted by molar-refractivity contribution is -0.118. The second-order valence-corrected chi connectivity index (χ2v) is 7.27. The summed E-state index contributed by atoms with van der Waals surface area (Å²) in [5.41, 5.74) is 3.72. The third-order valence-corrected chi connectivity index (χ3v) is 5.59. The summed E-state index contributed by atoms with van der Waals surface area (Å²) in [6.45, 7) is 3.16. The molecule has 1 saturated heterocycles. The molecule has 132 valence electrons. The molecule has 1 aromatic heterocycles. The second-order valence-electron chi connectivity index (χ2n) is 7.27. The number of carbonyl (C=O) groups is 1. The number of anilines is 1. The number of amides is 1. The van der Waals surface area contributed by atoms with Crippen molar-refractivity contribution in [3.05, 3.63) is 41.5 Å². The molecular weight excluding hydrogens is 314 g/mol. The Bertz CT molecular complexity index is 776. The first-order valence-electron chi connectivity index (χ1n) is 9.06. The zero-order valence-electron chi connectivity index (χ0n) is 15.0. The van der Waals surface area contributed by atoms with Gasteiger partial charge in [-0.15, -0.1) is 10.2 Å². The van der Waals surface area contributed by atoms with E-state index < -0.39 is 0 Å². The highest BCUT2D eigenvalue weighted by Gasteiger charge is 2.25. The summed E-state index contributed by atoms with van der Waals surface area (Å²) in [6.07, 6.45) is 5.54. The van der Waals surface area contributed by atoms with Gasteiger partial charge in [-0.05, 0) is 49.5 Å².